The van der Waals surface area contributed by atoms with Crippen molar-refractivity contribution in [2.24, 2.45) is 0 Å². The van der Waals surface area contributed by atoms with Gasteiger partial charge in [-0.25, -0.2) is 0 Å². The first-order chi connectivity index (χ1) is 8.81. The van der Waals surface area contributed by atoms with Gasteiger partial charge in [0.05, 0.1) is 6.54 Å². The Hall–Kier alpha value is -2.21. The summed E-state index contributed by atoms with van der Waals surface area (Å²) in [5.74, 6) is 1.12. The highest BCUT2D eigenvalue weighted by Crippen LogP contribution is 2.13. The highest BCUT2D eigenvalue weighted by molar-refractivity contribution is 5.44. The van der Waals surface area contributed by atoms with Crippen molar-refractivity contribution in [3.8, 4) is 6.07 Å². The molecule has 0 atom stereocenters. The molecule has 92 valence electrons. The number of hydrogen-bond donors (Lipinski definition) is 1. The topological polar surface area (TPSA) is 49.0 Å². The summed E-state index contributed by atoms with van der Waals surface area (Å²) < 4.78 is 5.29. The van der Waals surface area contributed by atoms with E-state index in [-0.39, 0.29) is 0 Å². The molecule has 2 rings (SSSR count). The van der Waals surface area contributed by atoms with Crippen LogP contribution in [0.1, 0.15) is 30.4 Å². The molecule has 0 aliphatic heterocycles. The van der Waals surface area contributed by atoms with Crippen molar-refractivity contribution in [2.75, 3.05) is 5.32 Å². The molecule has 2 aromatic rings. The molecule has 18 heavy (non-hydrogen) atoms. The van der Waals surface area contributed by atoms with E-state index in [2.05, 4.69) is 36.5 Å². The Balaban J connectivity index is 1.91. The van der Waals surface area contributed by atoms with E-state index in [4.69, 9.17) is 9.68 Å². The third kappa shape index (κ3) is 3.14. The Morgan fingerprint density at radius 3 is 2.56 bits per heavy atom. The van der Waals surface area contributed by atoms with Gasteiger partial charge in [-0.1, -0.05) is 25.5 Å². The molecule has 0 saturated heterocycles. The van der Waals surface area contributed by atoms with Crippen molar-refractivity contribution < 1.29 is 4.42 Å². The molecule has 1 aromatic heterocycles. The molecule has 3 nitrogen and oxygen atoms in total. The Labute approximate surface area is 107 Å². The first-order valence-corrected chi connectivity index (χ1v) is 6.13. The van der Waals surface area contributed by atoms with Gasteiger partial charge in [-0.05, 0) is 36.2 Å². The molecule has 0 unspecified atom stereocenters. The minimum absolute atomic E-state index is 0.352. The predicted octanol–water partition coefficient (Wildman–Crippen LogP) is 3.72. The van der Waals surface area contributed by atoms with Crippen LogP contribution in [0, 0.1) is 11.3 Å². The third-order valence-electron chi connectivity index (χ3n) is 2.73. The highest BCUT2D eigenvalue weighted by Gasteiger charge is 2.00. The van der Waals surface area contributed by atoms with Crippen LogP contribution in [0.2, 0.25) is 0 Å². The molecule has 1 heterocycles. The van der Waals surface area contributed by atoms with Gasteiger partial charge in [0, 0.05) is 5.69 Å². The molecule has 0 aliphatic carbocycles. The molecule has 0 spiro atoms. The van der Waals surface area contributed by atoms with Crippen molar-refractivity contribution in [3.63, 3.8) is 0 Å². The summed E-state index contributed by atoms with van der Waals surface area (Å²) >= 11 is 0. The summed E-state index contributed by atoms with van der Waals surface area (Å²) in [5, 5.41) is 11.9. The van der Waals surface area contributed by atoms with E-state index in [9.17, 15) is 0 Å². The number of nitrogens with zero attached hydrogens (tertiary/aromatic N) is 1. The van der Waals surface area contributed by atoms with Crippen molar-refractivity contribution in [3.05, 3.63) is 53.5 Å². The van der Waals surface area contributed by atoms with Crippen molar-refractivity contribution in [1.82, 2.24) is 0 Å². The number of benzene rings is 1. The molecule has 0 aliphatic rings. The minimum Gasteiger partial charge on any atom is -0.449 e. The van der Waals surface area contributed by atoms with E-state index in [0.29, 0.717) is 12.3 Å². The number of furan rings is 1. The molecular formula is C15H16N2O. The van der Waals surface area contributed by atoms with Crippen LogP contribution < -0.4 is 5.32 Å². The SMILES string of the molecule is CCCc1ccc(NCc2ccc(C#N)o2)cc1. The maximum atomic E-state index is 8.65. The first kappa shape index (κ1) is 12.3. The van der Waals surface area contributed by atoms with Crippen LogP contribution in [0.5, 0.6) is 0 Å². The lowest BCUT2D eigenvalue weighted by Crippen LogP contribution is -1.98. The second-order valence-electron chi connectivity index (χ2n) is 4.18. The van der Waals surface area contributed by atoms with Gasteiger partial charge in [-0.3, -0.25) is 0 Å². The Kier molecular flexibility index (Phi) is 4.03. The Bertz CT molecular complexity index is 534. The van der Waals surface area contributed by atoms with Crippen LogP contribution in [0.4, 0.5) is 5.69 Å². The quantitative estimate of drug-likeness (QED) is 0.866. The lowest BCUT2D eigenvalue weighted by atomic mass is 10.1. The zero-order chi connectivity index (χ0) is 12.8. The van der Waals surface area contributed by atoms with E-state index in [1.165, 1.54) is 5.56 Å². The molecule has 0 fully saturated rings. The number of aryl methyl sites for hydroxylation is 1. The fourth-order valence-corrected chi connectivity index (χ4v) is 1.80. The molecular weight excluding hydrogens is 224 g/mol. The summed E-state index contributed by atoms with van der Waals surface area (Å²) in [6.45, 7) is 2.77. The maximum absolute atomic E-state index is 8.65. The van der Waals surface area contributed by atoms with E-state index in [1.54, 1.807) is 6.07 Å². The van der Waals surface area contributed by atoms with Crippen LogP contribution >= 0.6 is 0 Å². The van der Waals surface area contributed by atoms with E-state index >= 15 is 0 Å². The van der Waals surface area contributed by atoms with Crippen LogP contribution in [0.3, 0.4) is 0 Å². The van der Waals surface area contributed by atoms with E-state index in [0.717, 1.165) is 24.3 Å². The largest absolute Gasteiger partial charge is 0.449 e. The second-order valence-corrected chi connectivity index (χ2v) is 4.18. The van der Waals surface area contributed by atoms with E-state index < -0.39 is 0 Å². The smallest absolute Gasteiger partial charge is 0.203 e. The van der Waals surface area contributed by atoms with Crippen LogP contribution in [0.15, 0.2) is 40.8 Å². The molecule has 1 N–H and O–H groups in total. The van der Waals surface area contributed by atoms with Gasteiger partial charge in [0.1, 0.15) is 11.8 Å². The fraction of sp³-hybridized carbons (Fsp3) is 0.267. The van der Waals surface area contributed by atoms with Gasteiger partial charge in [0.2, 0.25) is 5.76 Å². The average Bonchev–Trinajstić information content (AvgIpc) is 2.86. The standard InChI is InChI=1S/C15H16N2O/c1-2-3-12-4-6-13(7-5-12)17-11-15-9-8-14(10-16)18-15/h4-9,17H,2-3,11H2,1H3. The van der Waals surface area contributed by atoms with Crippen LogP contribution in [-0.4, -0.2) is 0 Å². The predicted molar refractivity (Wildman–Crippen MR) is 71.2 cm³/mol. The minimum atomic E-state index is 0.352. The van der Waals surface area contributed by atoms with Gasteiger partial charge >= 0.3 is 0 Å². The zero-order valence-electron chi connectivity index (χ0n) is 10.4. The molecule has 0 amide bonds. The fourth-order valence-electron chi connectivity index (χ4n) is 1.80. The lowest BCUT2D eigenvalue weighted by Gasteiger charge is -2.05. The Morgan fingerprint density at radius 2 is 1.94 bits per heavy atom. The van der Waals surface area contributed by atoms with Gasteiger partial charge in [0.15, 0.2) is 0 Å². The van der Waals surface area contributed by atoms with Gasteiger partial charge in [-0.15, -0.1) is 0 Å². The summed E-state index contributed by atoms with van der Waals surface area (Å²) in [6, 6.07) is 13.9. The molecule has 0 radical (unpaired) electrons. The van der Waals surface area contributed by atoms with Gasteiger partial charge < -0.3 is 9.73 Å². The lowest BCUT2D eigenvalue weighted by molar-refractivity contribution is 0.506. The van der Waals surface area contributed by atoms with Crippen LogP contribution in [-0.2, 0) is 13.0 Å². The number of nitrogens with one attached hydrogen (secondary N) is 1. The summed E-state index contributed by atoms with van der Waals surface area (Å²) in [7, 11) is 0. The van der Waals surface area contributed by atoms with Crippen molar-refractivity contribution >= 4 is 5.69 Å². The van der Waals surface area contributed by atoms with E-state index in [1.807, 2.05) is 12.1 Å². The molecule has 1 aromatic carbocycles. The normalized spacial score (nSPS) is 10.0. The summed E-state index contributed by atoms with van der Waals surface area (Å²) in [5.41, 5.74) is 2.41. The summed E-state index contributed by atoms with van der Waals surface area (Å²) in [4.78, 5) is 0. The number of rotatable bonds is 5. The average molecular weight is 240 g/mol. The number of anilines is 1. The third-order valence-corrected chi connectivity index (χ3v) is 2.73. The Morgan fingerprint density at radius 1 is 1.17 bits per heavy atom. The first-order valence-electron chi connectivity index (χ1n) is 6.13. The van der Waals surface area contributed by atoms with Gasteiger partial charge in [0.25, 0.3) is 0 Å². The zero-order valence-corrected chi connectivity index (χ0v) is 10.4. The summed E-state index contributed by atoms with van der Waals surface area (Å²) in [6.07, 6.45) is 2.28. The number of hydrogen-bond acceptors (Lipinski definition) is 3. The molecule has 0 bridgehead atoms. The molecule has 0 saturated carbocycles. The monoisotopic (exact) mass is 240 g/mol. The molecule has 3 heteroatoms. The number of nitriles is 1. The maximum Gasteiger partial charge on any atom is 0.203 e. The van der Waals surface area contributed by atoms with Crippen molar-refractivity contribution in [2.45, 2.75) is 26.3 Å². The van der Waals surface area contributed by atoms with Crippen molar-refractivity contribution in [1.29, 1.82) is 5.26 Å². The highest BCUT2D eigenvalue weighted by atomic mass is 16.3. The van der Waals surface area contributed by atoms with Crippen LogP contribution in [0.25, 0.3) is 0 Å². The van der Waals surface area contributed by atoms with Gasteiger partial charge in [-0.2, -0.15) is 5.26 Å². The second kappa shape index (κ2) is 5.92.